The number of hydrogen-bond donors (Lipinski definition) is 2. The van der Waals surface area contributed by atoms with Gasteiger partial charge in [-0.15, -0.1) is 0 Å². The van der Waals surface area contributed by atoms with Gasteiger partial charge in [-0.25, -0.2) is 0 Å². The van der Waals surface area contributed by atoms with Crippen molar-refractivity contribution in [1.82, 2.24) is 10.2 Å². The van der Waals surface area contributed by atoms with Crippen LogP contribution in [-0.2, 0) is 0 Å². The number of rotatable bonds is 2. The van der Waals surface area contributed by atoms with Gasteiger partial charge in [-0.1, -0.05) is 0 Å². The molecule has 2 aliphatic heterocycles. The molecule has 1 atom stereocenters. The Morgan fingerprint density at radius 1 is 1.33 bits per heavy atom. The summed E-state index contributed by atoms with van der Waals surface area (Å²) in [7, 11) is 0. The number of nitrogens with one attached hydrogen (secondary N) is 1. The standard InChI is InChI=1S/C12H24N2O/c1-10(2)14-8-5-12(15,6-9-14)11-4-3-7-13-11/h10-11,13,15H,3-9H2,1-2H3. The number of nitrogens with zero attached hydrogens (tertiary/aromatic N) is 1. The molecule has 1 unspecified atom stereocenters. The van der Waals surface area contributed by atoms with E-state index in [2.05, 4.69) is 24.1 Å². The van der Waals surface area contributed by atoms with Gasteiger partial charge in [-0.2, -0.15) is 0 Å². The molecule has 2 fully saturated rings. The minimum absolute atomic E-state index is 0.354. The molecule has 0 spiro atoms. The van der Waals surface area contributed by atoms with Crippen LogP contribution in [0.3, 0.4) is 0 Å². The van der Waals surface area contributed by atoms with Gasteiger partial charge in [0.05, 0.1) is 5.60 Å². The van der Waals surface area contributed by atoms with E-state index in [0.717, 1.165) is 38.9 Å². The van der Waals surface area contributed by atoms with Gasteiger partial charge < -0.3 is 15.3 Å². The van der Waals surface area contributed by atoms with Gasteiger partial charge in [0.2, 0.25) is 0 Å². The summed E-state index contributed by atoms with van der Waals surface area (Å²) in [6.07, 6.45) is 4.24. The molecule has 0 radical (unpaired) electrons. The largest absolute Gasteiger partial charge is 0.388 e. The number of piperidine rings is 1. The molecule has 2 N–H and O–H groups in total. The van der Waals surface area contributed by atoms with E-state index in [0.29, 0.717) is 12.1 Å². The molecule has 2 heterocycles. The summed E-state index contributed by atoms with van der Waals surface area (Å²) < 4.78 is 0. The molecule has 0 bridgehead atoms. The summed E-state index contributed by atoms with van der Waals surface area (Å²) >= 11 is 0. The van der Waals surface area contributed by atoms with E-state index < -0.39 is 5.60 Å². The quantitative estimate of drug-likeness (QED) is 0.716. The fourth-order valence-corrected chi connectivity index (χ4v) is 2.92. The second-order valence-electron chi connectivity index (χ2n) is 5.38. The Labute approximate surface area is 92.8 Å². The third-order valence-electron chi connectivity index (χ3n) is 4.10. The van der Waals surface area contributed by atoms with E-state index in [9.17, 15) is 5.11 Å². The van der Waals surface area contributed by atoms with Crippen LogP contribution in [-0.4, -0.2) is 47.3 Å². The summed E-state index contributed by atoms with van der Waals surface area (Å²) in [5, 5.41) is 14.0. The van der Waals surface area contributed by atoms with E-state index in [1.165, 1.54) is 6.42 Å². The van der Waals surface area contributed by atoms with Crippen LogP contribution in [0.5, 0.6) is 0 Å². The van der Waals surface area contributed by atoms with Crippen LogP contribution in [0.1, 0.15) is 39.5 Å². The zero-order valence-corrected chi connectivity index (χ0v) is 10.00. The van der Waals surface area contributed by atoms with Crippen LogP contribution in [0.2, 0.25) is 0 Å². The molecular weight excluding hydrogens is 188 g/mol. The van der Waals surface area contributed by atoms with Crippen molar-refractivity contribution in [3.63, 3.8) is 0 Å². The third-order valence-corrected chi connectivity index (χ3v) is 4.10. The lowest BCUT2D eigenvalue weighted by Gasteiger charge is -2.43. The lowest BCUT2D eigenvalue weighted by atomic mass is 9.83. The molecule has 2 rings (SSSR count). The Morgan fingerprint density at radius 2 is 2.00 bits per heavy atom. The van der Waals surface area contributed by atoms with Crippen LogP contribution in [0.15, 0.2) is 0 Å². The van der Waals surface area contributed by atoms with Gasteiger partial charge in [0.25, 0.3) is 0 Å². The lowest BCUT2D eigenvalue weighted by molar-refractivity contribution is -0.0509. The average molecular weight is 212 g/mol. The van der Waals surface area contributed by atoms with Crippen molar-refractivity contribution < 1.29 is 5.11 Å². The summed E-state index contributed by atoms with van der Waals surface area (Å²) in [5.74, 6) is 0. The van der Waals surface area contributed by atoms with Crippen LogP contribution in [0.4, 0.5) is 0 Å². The maximum absolute atomic E-state index is 10.6. The molecule has 0 amide bonds. The van der Waals surface area contributed by atoms with Crippen molar-refractivity contribution in [3.8, 4) is 0 Å². The van der Waals surface area contributed by atoms with Crippen LogP contribution in [0.25, 0.3) is 0 Å². The Kier molecular flexibility index (Phi) is 3.33. The predicted molar refractivity (Wildman–Crippen MR) is 61.9 cm³/mol. The number of likely N-dealkylation sites (tertiary alicyclic amines) is 1. The van der Waals surface area contributed by atoms with E-state index in [-0.39, 0.29) is 0 Å². The molecule has 88 valence electrons. The molecule has 0 aromatic rings. The average Bonchev–Trinajstić information content (AvgIpc) is 2.71. The fraction of sp³-hybridized carbons (Fsp3) is 1.00. The van der Waals surface area contributed by atoms with E-state index in [1.807, 2.05) is 0 Å². The Bertz CT molecular complexity index is 204. The molecule has 15 heavy (non-hydrogen) atoms. The molecule has 3 nitrogen and oxygen atoms in total. The highest BCUT2D eigenvalue weighted by atomic mass is 16.3. The molecule has 2 saturated heterocycles. The topological polar surface area (TPSA) is 35.5 Å². The number of hydrogen-bond acceptors (Lipinski definition) is 3. The van der Waals surface area contributed by atoms with E-state index >= 15 is 0 Å². The van der Waals surface area contributed by atoms with Crippen LogP contribution < -0.4 is 5.32 Å². The van der Waals surface area contributed by atoms with Crippen molar-refractivity contribution in [1.29, 1.82) is 0 Å². The molecular formula is C12H24N2O. The molecule has 0 aromatic carbocycles. The second kappa shape index (κ2) is 4.40. The molecule has 0 aromatic heterocycles. The van der Waals surface area contributed by atoms with Crippen LogP contribution in [0, 0.1) is 0 Å². The zero-order chi connectivity index (χ0) is 10.9. The van der Waals surface area contributed by atoms with Gasteiger partial charge in [0.1, 0.15) is 0 Å². The van der Waals surface area contributed by atoms with Gasteiger partial charge in [-0.05, 0) is 46.1 Å². The SMILES string of the molecule is CC(C)N1CCC(O)(C2CCCN2)CC1. The molecule has 3 heteroatoms. The van der Waals surface area contributed by atoms with Gasteiger partial charge in [0.15, 0.2) is 0 Å². The first-order valence-corrected chi connectivity index (χ1v) is 6.32. The molecule has 0 saturated carbocycles. The van der Waals surface area contributed by atoms with Crippen molar-refractivity contribution in [3.05, 3.63) is 0 Å². The first-order chi connectivity index (χ1) is 7.12. The zero-order valence-electron chi connectivity index (χ0n) is 10.00. The minimum atomic E-state index is -0.429. The first-order valence-electron chi connectivity index (χ1n) is 6.32. The second-order valence-corrected chi connectivity index (χ2v) is 5.38. The highest BCUT2D eigenvalue weighted by Gasteiger charge is 2.40. The summed E-state index contributed by atoms with van der Waals surface area (Å²) in [5.41, 5.74) is -0.429. The minimum Gasteiger partial charge on any atom is -0.388 e. The van der Waals surface area contributed by atoms with Crippen molar-refractivity contribution in [2.75, 3.05) is 19.6 Å². The Morgan fingerprint density at radius 3 is 2.47 bits per heavy atom. The van der Waals surface area contributed by atoms with E-state index in [1.54, 1.807) is 0 Å². The smallest absolute Gasteiger partial charge is 0.0824 e. The normalized spacial score (nSPS) is 32.4. The number of aliphatic hydroxyl groups is 1. The fourth-order valence-electron chi connectivity index (χ4n) is 2.92. The van der Waals surface area contributed by atoms with Crippen molar-refractivity contribution >= 4 is 0 Å². The van der Waals surface area contributed by atoms with Crippen molar-refractivity contribution in [2.45, 2.75) is 57.2 Å². The maximum atomic E-state index is 10.6. The monoisotopic (exact) mass is 212 g/mol. The Hall–Kier alpha value is -0.120. The van der Waals surface area contributed by atoms with Gasteiger partial charge in [0, 0.05) is 25.2 Å². The van der Waals surface area contributed by atoms with Crippen LogP contribution >= 0.6 is 0 Å². The van der Waals surface area contributed by atoms with Crippen molar-refractivity contribution in [2.24, 2.45) is 0 Å². The maximum Gasteiger partial charge on any atom is 0.0824 e. The third kappa shape index (κ3) is 2.35. The first kappa shape index (κ1) is 11.4. The predicted octanol–water partition coefficient (Wildman–Crippen LogP) is 0.974. The summed E-state index contributed by atoms with van der Waals surface area (Å²) in [6.45, 7) is 7.65. The van der Waals surface area contributed by atoms with Gasteiger partial charge in [-0.3, -0.25) is 0 Å². The summed E-state index contributed by atoms with van der Waals surface area (Å²) in [6, 6.07) is 0.970. The Balaban J connectivity index is 1.90. The van der Waals surface area contributed by atoms with Gasteiger partial charge >= 0.3 is 0 Å². The summed E-state index contributed by atoms with van der Waals surface area (Å²) in [4.78, 5) is 2.46. The highest BCUT2D eigenvalue weighted by molar-refractivity contribution is 4.98. The lowest BCUT2D eigenvalue weighted by Crippen LogP contribution is -2.55. The molecule has 2 aliphatic rings. The van der Waals surface area contributed by atoms with E-state index in [4.69, 9.17) is 0 Å². The molecule has 0 aliphatic carbocycles. The highest BCUT2D eigenvalue weighted by Crippen LogP contribution is 2.30.